The van der Waals surface area contributed by atoms with Crippen molar-refractivity contribution in [3.8, 4) is 0 Å². The molecule has 3 rings (SSSR count). The second kappa shape index (κ2) is 9.95. The Kier molecular flexibility index (Phi) is 8.99. The third-order valence-corrected chi connectivity index (χ3v) is 19.1. The summed E-state index contributed by atoms with van der Waals surface area (Å²) in [7, 11) is 0. The molecule has 2 aliphatic carbocycles. The summed E-state index contributed by atoms with van der Waals surface area (Å²) in [6, 6.07) is 9.02. The van der Waals surface area contributed by atoms with Gasteiger partial charge in [0, 0.05) is 0 Å². The first-order valence-electron chi connectivity index (χ1n) is 8.56. The zero-order valence-corrected chi connectivity index (χ0v) is 18.5. The summed E-state index contributed by atoms with van der Waals surface area (Å²) in [6.45, 7) is 6.46. The molecule has 1 aromatic rings. The van der Waals surface area contributed by atoms with Crippen LogP contribution >= 0.6 is 24.8 Å². The predicted octanol–water partition coefficient (Wildman–Crippen LogP) is 7.42. The molecule has 2 atom stereocenters. The van der Waals surface area contributed by atoms with E-state index < -0.39 is 20.3 Å². The standard InChI is InChI=1S/C9H7.C5H5.C4H9.C3H5.2ClH.Zr/c1-2-5-9-7-3-6-8(9)4-1;1-2-4-5-3-1;1-3-4-2;1-3-2;;;/h1-7H;1-3H,4H2;1,3-4H2,2H3;3H,1-2H2;2*1H;. The molecule has 0 saturated heterocycles. The van der Waals surface area contributed by atoms with Gasteiger partial charge in [-0.05, 0) is 0 Å². The van der Waals surface area contributed by atoms with Crippen LogP contribution in [0.25, 0.3) is 6.08 Å². The molecule has 0 nitrogen and oxygen atoms in total. The van der Waals surface area contributed by atoms with Crippen LogP contribution < -0.4 is 0 Å². The number of hydrogen-bond acceptors (Lipinski definition) is 0. The number of allylic oxidation sites excluding steroid dienone is 6. The zero-order valence-electron chi connectivity index (χ0n) is 14.4. The van der Waals surface area contributed by atoms with Gasteiger partial charge in [0.25, 0.3) is 0 Å². The van der Waals surface area contributed by atoms with Gasteiger partial charge in [-0.1, -0.05) is 0 Å². The first kappa shape index (κ1) is 21.7. The molecule has 0 N–H and O–H groups in total. The molecule has 0 spiro atoms. The van der Waals surface area contributed by atoms with Gasteiger partial charge in [-0.25, -0.2) is 0 Å². The summed E-state index contributed by atoms with van der Waals surface area (Å²) < 4.78 is 5.22. The molecule has 1 aromatic carbocycles. The fourth-order valence-electron chi connectivity index (χ4n) is 4.17. The van der Waals surface area contributed by atoms with Crippen molar-refractivity contribution >= 4 is 30.9 Å². The van der Waals surface area contributed by atoms with E-state index in [9.17, 15) is 0 Å². The van der Waals surface area contributed by atoms with Gasteiger partial charge in [0.1, 0.15) is 0 Å². The number of benzene rings is 1. The summed E-state index contributed by atoms with van der Waals surface area (Å²) in [6.07, 6.45) is 18.1. The molecule has 130 valence electrons. The van der Waals surface area contributed by atoms with Crippen LogP contribution in [0.15, 0.2) is 64.5 Å². The van der Waals surface area contributed by atoms with E-state index >= 15 is 0 Å². The Hall–Kier alpha value is -0.357. The largest absolute Gasteiger partial charge is 0.147 e. The molecule has 24 heavy (non-hydrogen) atoms. The zero-order chi connectivity index (χ0) is 15.4. The maximum Gasteiger partial charge on any atom is -0.147 e. The van der Waals surface area contributed by atoms with Gasteiger partial charge in [-0.3, -0.25) is 0 Å². The van der Waals surface area contributed by atoms with Crippen LogP contribution in [0, 0.1) is 0 Å². The predicted molar refractivity (Wildman–Crippen MR) is 109 cm³/mol. The van der Waals surface area contributed by atoms with Crippen LogP contribution in [0.4, 0.5) is 0 Å². The average molecular weight is 443 g/mol. The molecule has 0 saturated carbocycles. The van der Waals surface area contributed by atoms with E-state index in [1.54, 1.807) is 8.84 Å². The average Bonchev–Trinajstić information content (AvgIpc) is 3.21. The van der Waals surface area contributed by atoms with Crippen LogP contribution in [-0.4, -0.2) is 0 Å². The van der Waals surface area contributed by atoms with Gasteiger partial charge in [-0.2, -0.15) is 0 Å². The minimum Gasteiger partial charge on any atom is -0.147 e. The van der Waals surface area contributed by atoms with Gasteiger partial charge in [0.05, 0.1) is 0 Å². The SMILES string of the molecule is C=C[CH2][Zr]([CH2]CCC)([C]1=CC=CC1)[CH]1C=Cc2ccccc21.Cl.Cl. The van der Waals surface area contributed by atoms with Crippen molar-refractivity contribution in [3.63, 3.8) is 0 Å². The smallest absolute Gasteiger partial charge is 0.147 e. The van der Waals surface area contributed by atoms with Gasteiger partial charge in [-0.15, -0.1) is 24.8 Å². The van der Waals surface area contributed by atoms with Gasteiger partial charge >= 0.3 is 140 Å². The summed E-state index contributed by atoms with van der Waals surface area (Å²) in [5.41, 5.74) is 3.03. The Morgan fingerprint density at radius 1 is 1.25 bits per heavy atom. The Bertz CT molecular complexity index is 645. The Labute approximate surface area is 164 Å². The van der Waals surface area contributed by atoms with Crippen molar-refractivity contribution in [1.29, 1.82) is 0 Å². The minimum absolute atomic E-state index is 0. The Morgan fingerprint density at radius 2 is 2.04 bits per heavy atom. The molecule has 0 fully saturated rings. The van der Waals surface area contributed by atoms with Crippen LogP contribution in [-0.2, 0) is 20.3 Å². The van der Waals surface area contributed by atoms with Crippen molar-refractivity contribution < 1.29 is 20.3 Å². The fourth-order valence-corrected chi connectivity index (χ4v) is 17.8. The Morgan fingerprint density at radius 3 is 2.71 bits per heavy atom. The first-order valence-corrected chi connectivity index (χ1v) is 14.7. The molecule has 2 unspecified atom stereocenters. The number of rotatable bonds is 7. The number of unbranched alkanes of at least 4 members (excludes halogenated alkanes) is 1. The van der Waals surface area contributed by atoms with Crippen LogP contribution in [0.2, 0.25) is 8.26 Å². The maximum atomic E-state index is 4.13. The number of hydrogen-bond donors (Lipinski definition) is 0. The summed E-state index contributed by atoms with van der Waals surface area (Å²) in [5.74, 6) is 0. The van der Waals surface area contributed by atoms with Crippen LogP contribution in [0.5, 0.6) is 0 Å². The van der Waals surface area contributed by atoms with E-state index in [4.69, 9.17) is 0 Å². The van der Waals surface area contributed by atoms with Gasteiger partial charge in [0.15, 0.2) is 0 Å². The molecular formula is C21H28Cl2Zr. The van der Waals surface area contributed by atoms with E-state index in [2.05, 4.69) is 74.2 Å². The minimum atomic E-state index is -2.53. The molecule has 0 radical (unpaired) electrons. The maximum absolute atomic E-state index is 4.13. The first-order chi connectivity index (χ1) is 10.8. The quantitative estimate of drug-likeness (QED) is 0.386. The van der Waals surface area contributed by atoms with E-state index in [-0.39, 0.29) is 24.8 Å². The van der Waals surface area contributed by atoms with Crippen molar-refractivity contribution in [2.24, 2.45) is 0 Å². The van der Waals surface area contributed by atoms with E-state index in [0.29, 0.717) is 3.63 Å². The van der Waals surface area contributed by atoms with Gasteiger partial charge in [0.2, 0.25) is 0 Å². The van der Waals surface area contributed by atoms with Crippen molar-refractivity contribution in [2.45, 2.75) is 38.1 Å². The normalized spacial score (nSPS) is 19.7. The molecular weight excluding hydrogens is 414 g/mol. The van der Waals surface area contributed by atoms with E-state index in [1.165, 1.54) is 33.1 Å². The second-order valence-corrected chi connectivity index (χ2v) is 17.6. The molecule has 0 aliphatic heterocycles. The van der Waals surface area contributed by atoms with Crippen molar-refractivity contribution in [3.05, 3.63) is 75.6 Å². The second-order valence-electron chi connectivity index (χ2n) is 6.54. The number of fused-ring (bicyclic) bond motifs is 1. The molecule has 0 heterocycles. The topological polar surface area (TPSA) is 0 Å². The Balaban J connectivity index is 0.00000144. The summed E-state index contributed by atoms with van der Waals surface area (Å²) in [4.78, 5) is 0. The summed E-state index contributed by atoms with van der Waals surface area (Å²) >= 11 is -2.53. The molecule has 2 aliphatic rings. The molecule has 0 bridgehead atoms. The fraction of sp³-hybridized carbons (Fsp3) is 0.333. The third-order valence-electron chi connectivity index (χ3n) is 5.29. The monoisotopic (exact) mass is 440 g/mol. The third kappa shape index (κ3) is 4.06. The molecule has 0 amide bonds. The van der Waals surface area contributed by atoms with Crippen molar-refractivity contribution in [2.75, 3.05) is 0 Å². The van der Waals surface area contributed by atoms with Crippen LogP contribution in [0.3, 0.4) is 0 Å². The summed E-state index contributed by atoms with van der Waals surface area (Å²) in [5, 5.41) is 0. The van der Waals surface area contributed by atoms with E-state index in [0.717, 1.165) is 0 Å². The molecule has 3 heteroatoms. The molecule has 0 aromatic heterocycles. The van der Waals surface area contributed by atoms with Crippen LogP contribution in [0.1, 0.15) is 40.9 Å². The van der Waals surface area contributed by atoms with Crippen molar-refractivity contribution in [1.82, 2.24) is 0 Å². The number of halogens is 2. The van der Waals surface area contributed by atoms with Gasteiger partial charge < -0.3 is 0 Å². The van der Waals surface area contributed by atoms with E-state index in [1.807, 2.05) is 0 Å².